The highest BCUT2D eigenvalue weighted by Crippen LogP contribution is 2.34. The van der Waals surface area contributed by atoms with Crippen LogP contribution in [0.15, 0.2) is 18.2 Å². The molecule has 0 amide bonds. The van der Waals surface area contributed by atoms with Gasteiger partial charge in [0.05, 0.1) is 11.3 Å². The number of nitrogens with one attached hydrogen (secondary N) is 1. The van der Waals surface area contributed by atoms with Crippen LogP contribution in [-0.2, 0) is 6.18 Å². The minimum Gasteiger partial charge on any atom is -0.363 e. The maximum Gasteiger partial charge on any atom is 0.416 e. The van der Waals surface area contributed by atoms with Gasteiger partial charge in [-0.3, -0.25) is 0 Å². The van der Waals surface area contributed by atoms with Crippen molar-refractivity contribution in [1.82, 2.24) is 5.32 Å². The third-order valence-electron chi connectivity index (χ3n) is 3.56. The molecule has 1 aromatic carbocycles. The molecule has 1 heterocycles. The van der Waals surface area contributed by atoms with Gasteiger partial charge in [0, 0.05) is 24.7 Å². The molecule has 0 aliphatic carbocycles. The van der Waals surface area contributed by atoms with E-state index in [0.717, 1.165) is 18.2 Å². The number of halogens is 4. The summed E-state index contributed by atoms with van der Waals surface area (Å²) in [6.45, 7) is 6.80. The number of hydrogen-bond acceptors (Lipinski definition) is 2. The molecule has 2 rings (SSSR count). The number of benzene rings is 1. The van der Waals surface area contributed by atoms with Crippen LogP contribution in [0.4, 0.5) is 23.2 Å². The van der Waals surface area contributed by atoms with Gasteiger partial charge in [0.2, 0.25) is 0 Å². The standard InChI is InChI=1S/C14H18F4N2/c1-9-7-19-13(2,3)8-20(9)12-6-10(14(16,17)18)4-5-11(12)15/h4-6,9,19H,7-8H2,1-3H3. The fourth-order valence-electron chi connectivity index (χ4n) is 2.40. The summed E-state index contributed by atoms with van der Waals surface area (Å²) >= 11 is 0. The van der Waals surface area contributed by atoms with E-state index in [9.17, 15) is 17.6 Å². The summed E-state index contributed by atoms with van der Waals surface area (Å²) in [5, 5.41) is 3.29. The summed E-state index contributed by atoms with van der Waals surface area (Å²) in [5.74, 6) is -0.623. The molecule has 0 bridgehead atoms. The van der Waals surface area contributed by atoms with Crippen LogP contribution in [0.3, 0.4) is 0 Å². The lowest BCUT2D eigenvalue weighted by Gasteiger charge is -2.44. The van der Waals surface area contributed by atoms with E-state index in [1.807, 2.05) is 20.8 Å². The Morgan fingerprint density at radius 2 is 1.95 bits per heavy atom. The van der Waals surface area contributed by atoms with Crippen LogP contribution in [-0.4, -0.2) is 24.7 Å². The van der Waals surface area contributed by atoms with E-state index in [1.165, 1.54) is 0 Å². The highest BCUT2D eigenvalue weighted by molar-refractivity contribution is 5.52. The first-order valence-corrected chi connectivity index (χ1v) is 6.48. The van der Waals surface area contributed by atoms with E-state index in [-0.39, 0.29) is 17.3 Å². The highest BCUT2D eigenvalue weighted by Gasteiger charge is 2.35. The van der Waals surface area contributed by atoms with Gasteiger partial charge in [0.25, 0.3) is 0 Å². The Labute approximate surface area is 115 Å². The number of alkyl halides is 3. The largest absolute Gasteiger partial charge is 0.416 e. The van der Waals surface area contributed by atoms with Crippen molar-refractivity contribution in [2.45, 2.75) is 38.5 Å². The summed E-state index contributed by atoms with van der Waals surface area (Å²) in [6, 6.07) is 2.49. The molecule has 20 heavy (non-hydrogen) atoms. The molecule has 0 spiro atoms. The molecule has 1 aromatic rings. The molecule has 1 fully saturated rings. The van der Waals surface area contributed by atoms with Gasteiger partial charge in [-0.1, -0.05) is 0 Å². The van der Waals surface area contributed by atoms with Gasteiger partial charge >= 0.3 is 6.18 Å². The Morgan fingerprint density at radius 3 is 2.55 bits per heavy atom. The Hall–Kier alpha value is -1.30. The zero-order valence-electron chi connectivity index (χ0n) is 11.7. The van der Waals surface area contributed by atoms with Crippen molar-refractivity contribution >= 4 is 5.69 Å². The van der Waals surface area contributed by atoms with E-state index < -0.39 is 17.6 Å². The second kappa shape index (κ2) is 4.91. The lowest BCUT2D eigenvalue weighted by atomic mass is 9.98. The molecule has 1 atom stereocenters. The predicted octanol–water partition coefficient (Wildman–Crippen LogP) is 3.42. The average Bonchev–Trinajstić information content (AvgIpc) is 2.32. The summed E-state index contributed by atoms with van der Waals surface area (Å²) in [4.78, 5) is 1.70. The van der Waals surface area contributed by atoms with Crippen LogP contribution in [0.25, 0.3) is 0 Å². The van der Waals surface area contributed by atoms with Crippen molar-refractivity contribution in [1.29, 1.82) is 0 Å². The highest BCUT2D eigenvalue weighted by atomic mass is 19.4. The van der Waals surface area contributed by atoms with Crippen molar-refractivity contribution in [3.63, 3.8) is 0 Å². The van der Waals surface area contributed by atoms with Gasteiger partial charge in [0.1, 0.15) is 5.82 Å². The number of piperazine rings is 1. The summed E-state index contributed by atoms with van der Waals surface area (Å²) in [6.07, 6.45) is -4.46. The zero-order chi connectivity index (χ0) is 15.1. The second-order valence-electron chi connectivity index (χ2n) is 5.91. The van der Waals surface area contributed by atoms with Crippen molar-refractivity contribution in [3.05, 3.63) is 29.6 Å². The van der Waals surface area contributed by atoms with E-state index in [2.05, 4.69) is 5.32 Å². The molecule has 112 valence electrons. The van der Waals surface area contributed by atoms with E-state index in [1.54, 1.807) is 4.90 Å². The fraction of sp³-hybridized carbons (Fsp3) is 0.571. The zero-order valence-corrected chi connectivity index (χ0v) is 11.7. The van der Waals surface area contributed by atoms with Crippen LogP contribution < -0.4 is 10.2 Å². The first kappa shape index (κ1) is 15.1. The minimum atomic E-state index is -4.46. The topological polar surface area (TPSA) is 15.3 Å². The third-order valence-corrected chi connectivity index (χ3v) is 3.56. The van der Waals surface area contributed by atoms with Crippen molar-refractivity contribution in [2.75, 3.05) is 18.0 Å². The molecule has 0 saturated carbocycles. The smallest absolute Gasteiger partial charge is 0.363 e. The van der Waals surface area contributed by atoms with Gasteiger partial charge in [-0.25, -0.2) is 4.39 Å². The fourth-order valence-corrected chi connectivity index (χ4v) is 2.40. The Balaban J connectivity index is 2.40. The van der Waals surface area contributed by atoms with Gasteiger partial charge < -0.3 is 10.2 Å². The molecule has 1 aliphatic rings. The van der Waals surface area contributed by atoms with E-state index in [4.69, 9.17) is 0 Å². The third kappa shape index (κ3) is 3.06. The molecule has 0 aromatic heterocycles. The molecule has 1 saturated heterocycles. The lowest BCUT2D eigenvalue weighted by molar-refractivity contribution is -0.137. The van der Waals surface area contributed by atoms with Gasteiger partial charge in [-0.15, -0.1) is 0 Å². The van der Waals surface area contributed by atoms with Crippen molar-refractivity contribution in [3.8, 4) is 0 Å². The lowest BCUT2D eigenvalue weighted by Crippen LogP contribution is -2.61. The quantitative estimate of drug-likeness (QED) is 0.797. The average molecular weight is 290 g/mol. The maximum atomic E-state index is 13.9. The monoisotopic (exact) mass is 290 g/mol. The summed E-state index contributed by atoms with van der Waals surface area (Å²) in [5.41, 5.74) is -1.08. The van der Waals surface area contributed by atoms with Crippen molar-refractivity contribution < 1.29 is 17.6 Å². The molecular weight excluding hydrogens is 272 g/mol. The van der Waals surface area contributed by atoms with Gasteiger partial charge in [-0.05, 0) is 39.0 Å². The first-order valence-electron chi connectivity index (χ1n) is 6.48. The molecule has 0 radical (unpaired) electrons. The second-order valence-corrected chi connectivity index (χ2v) is 5.91. The number of hydrogen-bond donors (Lipinski definition) is 1. The normalized spacial score (nSPS) is 22.9. The maximum absolute atomic E-state index is 13.9. The van der Waals surface area contributed by atoms with Gasteiger partial charge in [0.15, 0.2) is 0 Å². The summed E-state index contributed by atoms with van der Waals surface area (Å²) < 4.78 is 52.2. The SMILES string of the molecule is CC1CNC(C)(C)CN1c1cc(C(F)(F)F)ccc1F. The van der Waals surface area contributed by atoms with Crippen LogP contribution in [0, 0.1) is 5.82 Å². The Morgan fingerprint density at radius 1 is 1.30 bits per heavy atom. The van der Waals surface area contributed by atoms with Crippen LogP contribution in [0.5, 0.6) is 0 Å². The number of anilines is 1. The first-order chi connectivity index (χ1) is 9.10. The Kier molecular flexibility index (Phi) is 3.71. The van der Waals surface area contributed by atoms with E-state index >= 15 is 0 Å². The van der Waals surface area contributed by atoms with E-state index in [0.29, 0.717) is 13.1 Å². The van der Waals surface area contributed by atoms with Crippen molar-refractivity contribution in [2.24, 2.45) is 0 Å². The molecule has 1 N–H and O–H groups in total. The minimum absolute atomic E-state index is 0.0156. The number of rotatable bonds is 1. The molecular formula is C14H18F4N2. The molecule has 2 nitrogen and oxygen atoms in total. The number of nitrogens with zero attached hydrogens (tertiary/aromatic N) is 1. The van der Waals surface area contributed by atoms with Crippen LogP contribution in [0.2, 0.25) is 0 Å². The van der Waals surface area contributed by atoms with Gasteiger partial charge in [-0.2, -0.15) is 13.2 Å². The molecule has 6 heteroatoms. The summed E-state index contributed by atoms with van der Waals surface area (Å²) in [7, 11) is 0. The molecule has 1 aliphatic heterocycles. The van der Waals surface area contributed by atoms with Crippen LogP contribution >= 0.6 is 0 Å². The Bertz CT molecular complexity index is 496. The van der Waals surface area contributed by atoms with Crippen LogP contribution in [0.1, 0.15) is 26.3 Å². The molecule has 1 unspecified atom stereocenters. The predicted molar refractivity (Wildman–Crippen MR) is 70.3 cm³/mol.